The third-order valence-electron chi connectivity index (χ3n) is 4.85. The summed E-state index contributed by atoms with van der Waals surface area (Å²) >= 11 is 0. The average molecular weight is 400 g/mol. The van der Waals surface area contributed by atoms with E-state index >= 15 is 0 Å². The van der Waals surface area contributed by atoms with Gasteiger partial charge in [0.25, 0.3) is 0 Å². The number of cyclic esters (lactones) is 1. The topological polar surface area (TPSA) is 41.9 Å². The molecular formula is C25H21FN2O2. The molecule has 0 atom stereocenters. The van der Waals surface area contributed by atoms with Gasteiger partial charge in [0.05, 0.1) is 0 Å². The Morgan fingerprint density at radius 1 is 1.00 bits per heavy atom. The third kappa shape index (κ3) is 4.46. The number of carbonyl (C=O) groups excluding carboxylic acids is 1. The number of benzene rings is 3. The van der Waals surface area contributed by atoms with E-state index in [-0.39, 0.29) is 11.6 Å². The monoisotopic (exact) mass is 400 g/mol. The van der Waals surface area contributed by atoms with Crippen molar-refractivity contribution < 1.29 is 13.9 Å². The molecule has 0 radical (unpaired) electrons. The highest BCUT2D eigenvalue weighted by molar-refractivity contribution is 6.12. The summed E-state index contributed by atoms with van der Waals surface area (Å²) < 4.78 is 18.6. The summed E-state index contributed by atoms with van der Waals surface area (Å²) in [6.07, 6.45) is 1.67. The second-order valence-electron chi connectivity index (χ2n) is 6.94. The van der Waals surface area contributed by atoms with Crippen molar-refractivity contribution in [3.63, 3.8) is 0 Å². The Hall–Kier alpha value is -3.73. The van der Waals surface area contributed by atoms with Crippen LogP contribution >= 0.6 is 0 Å². The van der Waals surface area contributed by atoms with Gasteiger partial charge in [-0.2, -0.15) is 0 Å². The van der Waals surface area contributed by atoms with Crippen LogP contribution in [0.1, 0.15) is 23.6 Å². The van der Waals surface area contributed by atoms with Crippen LogP contribution in [0.15, 0.2) is 89.6 Å². The Kier molecular flexibility index (Phi) is 5.70. The first kappa shape index (κ1) is 19.6. The maximum Gasteiger partial charge on any atom is 0.363 e. The Balaban J connectivity index is 1.52. The lowest BCUT2D eigenvalue weighted by molar-refractivity contribution is -0.129. The molecule has 0 saturated carbocycles. The van der Waals surface area contributed by atoms with Crippen LogP contribution in [0.3, 0.4) is 0 Å². The zero-order valence-corrected chi connectivity index (χ0v) is 16.6. The van der Waals surface area contributed by atoms with E-state index in [1.165, 1.54) is 17.7 Å². The van der Waals surface area contributed by atoms with E-state index in [1.807, 2.05) is 42.5 Å². The molecule has 0 aromatic heterocycles. The second-order valence-corrected chi connectivity index (χ2v) is 6.94. The number of hydrogen-bond acceptors (Lipinski definition) is 4. The molecule has 1 heterocycles. The molecule has 30 heavy (non-hydrogen) atoms. The number of aliphatic imine (C=N–C) groups is 1. The Bertz CT molecular complexity index is 1110. The third-order valence-corrected chi connectivity index (χ3v) is 4.85. The molecular weight excluding hydrogens is 379 g/mol. The molecule has 150 valence electrons. The van der Waals surface area contributed by atoms with Crippen molar-refractivity contribution in [2.24, 2.45) is 4.99 Å². The number of carbonyl (C=O) groups is 1. The number of nitrogens with zero attached hydrogens (tertiary/aromatic N) is 2. The van der Waals surface area contributed by atoms with Crippen LogP contribution in [-0.4, -0.2) is 18.4 Å². The maximum atomic E-state index is 13.4. The molecule has 5 heteroatoms. The van der Waals surface area contributed by atoms with Gasteiger partial charge in [-0.25, -0.2) is 14.2 Å². The van der Waals surface area contributed by atoms with Crippen LogP contribution in [0.4, 0.5) is 10.1 Å². The lowest BCUT2D eigenvalue weighted by Crippen LogP contribution is -2.21. The van der Waals surface area contributed by atoms with Gasteiger partial charge in [-0.3, -0.25) is 0 Å². The number of anilines is 1. The van der Waals surface area contributed by atoms with Crippen molar-refractivity contribution in [2.75, 3.05) is 11.4 Å². The van der Waals surface area contributed by atoms with Gasteiger partial charge >= 0.3 is 5.97 Å². The molecule has 0 spiro atoms. The molecule has 1 aliphatic rings. The first-order chi connectivity index (χ1) is 14.6. The highest BCUT2D eigenvalue weighted by Gasteiger charge is 2.24. The van der Waals surface area contributed by atoms with E-state index in [0.717, 1.165) is 24.3 Å². The predicted molar refractivity (Wildman–Crippen MR) is 117 cm³/mol. The van der Waals surface area contributed by atoms with Crippen LogP contribution in [0.25, 0.3) is 6.08 Å². The van der Waals surface area contributed by atoms with Crippen LogP contribution in [0.2, 0.25) is 0 Å². The van der Waals surface area contributed by atoms with Gasteiger partial charge in [-0.15, -0.1) is 0 Å². The standard InChI is InChI=1S/C25H21FN2O2/c1-2-28(17-19-7-4-3-5-8-19)22-13-11-18(12-14-22)15-23-25(29)30-24(27-23)20-9-6-10-21(26)16-20/h3-16H,2,17H2,1H3/b23-15+. The summed E-state index contributed by atoms with van der Waals surface area (Å²) in [6, 6.07) is 24.1. The molecule has 3 aromatic carbocycles. The molecule has 3 aromatic rings. The number of halogens is 1. The van der Waals surface area contributed by atoms with Crippen LogP contribution in [0, 0.1) is 5.82 Å². The van der Waals surface area contributed by atoms with E-state index < -0.39 is 11.8 Å². The van der Waals surface area contributed by atoms with Crippen molar-refractivity contribution in [1.29, 1.82) is 0 Å². The SMILES string of the molecule is CCN(Cc1ccccc1)c1ccc(/C=C2/N=C(c3cccc(F)c3)OC2=O)cc1. The Morgan fingerprint density at radius 2 is 1.77 bits per heavy atom. The van der Waals surface area contributed by atoms with Crippen molar-refractivity contribution in [3.8, 4) is 0 Å². The lowest BCUT2D eigenvalue weighted by atomic mass is 10.1. The number of rotatable bonds is 6. The summed E-state index contributed by atoms with van der Waals surface area (Å²) in [5.74, 6) is -0.838. The van der Waals surface area contributed by atoms with E-state index in [9.17, 15) is 9.18 Å². The fourth-order valence-corrected chi connectivity index (χ4v) is 3.28. The summed E-state index contributed by atoms with van der Waals surface area (Å²) in [7, 11) is 0. The predicted octanol–water partition coefficient (Wildman–Crippen LogP) is 5.20. The molecule has 0 saturated heterocycles. The summed E-state index contributed by atoms with van der Waals surface area (Å²) in [4.78, 5) is 18.7. The first-order valence-electron chi connectivity index (χ1n) is 9.80. The minimum absolute atomic E-state index is 0.113. The Morgan fingerprint density at radius 3 is 2.47 bits per heavy atom. The fraction of sp³-hybridized carbons (Fsp3) is 0.120. The molecule has 0 N–H and O–H groups in total. The highest BCUT2D eigenvalue weighted by Crippen LogP contribution is 2.22. The summed E-state index contributed by atoms with van der Waals surface area (Å²) in [6.45, 7) is 3.82. The minimum atomic E-state index is -0.544. The van der Waals surface area contributed by atoms with Crippen molar-refractivity contribution in [1.82, 2.24) is 0 Å². The summed E-state index contributed by atoms with van der Waals surface area (Å²) in [5.41, 5.74) is 3.81. The lowest BCUT2D eigenvalue weighted by Gasteiger charge is -2.23. The van der Waals surface area contributed by atoms with E-state index in [0.29, 0.717) is 5.56 Å². The van der Waals surface area contributed by atoms with Crippen molar-refractivity contribution in [3.05, 3.63) is 107 Å². The molecule has 0 unspecified atom stereocenters. The van der Waals surface area contributed by atoms with Gasteiger partial charge in [-0.1, -0.05) is 48.5 Å². The van der Waals surface area contributed by atoms with Crippen LogP contribution < -0.4 is 4.90 Å². The molecule has 0 bridgehead atoms. The number of hydrogen-bond donors (Lipinski definition) is 0. The zero-order valence-electron chi connectivity index (χ0n) is 16.6. The number of ether oxygens (including phenoxy) is 1. The minimum Gasteiger partial charge on any atom is -0.402 e. The normalized spacial score (nSPS) is 14.5. The first-order valence-corrected chi connectivity index (χ1v) is 9.80. The quantitative estimate of drug-likeness (QED) is 0.422. The molecule has 1 aliphatic heterocycles. The van der Waals surface area contributed by atoms with Gasteiger partial charge in [0.1, 0.15) is 5.82 Å². The van der Waals surface area contributed by atoms with Gasteiger partial charge in [0.15, 0.2) is 5.70 Å². The average Bonchev–Trinajstić information content (AvgIpc) is 3.14. The molecule has 4 nitrogen and oxygen atoms in total. The van der Waals surface area contributed by atoms with Gasteiger partial charge in [0.2, 0.25) is 5.90 Å². The molecule has 0 fully saturated rings. The van der Waals surface area contributed by atoms with Gasteiger partial charge in [-0.05, 0) is 54.5 Å². The largest absolute Gasteiger partial charge is 0.402 e. The smallest absolute Gasteiger partial charge is 0.363 e. The van der Waals surface area contributed by atoms with E-state index in [1.54, 1.807) is 18.2 Å². The highest BCUT2D eigenvalue weighted by atomic mass is 19.1. The summed E-state index contributed by atoms with van der Waals surface area (Å²) in [5, 5.41) is 0. The molecule has 4 rings (SSSR count). The second kappa shape index (κ2) is 8.74. The zero-order chi connectivity index (χ0) is 20.9. The van der Waals surface area contributed by atoms with Crippen LogP contribution in [-0.2, 0) is 16.1 Å². The Labute approximate surface area is 175 Å². The number of esters is 1. The van der Waals surface area contributed by atoms with Crippen LogP contribution in [0.5, 0.6) is 0 Å². The van der Waals surface area contributed by atoms with E-state index in [2.05, 4.69) is 28.9 Å². The maximum absolute atomic E-state index is 13.4. The fourth-order valence-electron chi connectivity index (χ4n) is 3.28. The van der Waals surface area contributed by atoms with Crippen molar-refractivity contribution in [2.45, 2.75) is 13.5 Å². The molecule has 0 aliphatic carbocycles. The molecule has 0 amide bonds. The van der Waals surface area contributed by atoms with Gasteiger partial charge in [0, 0.05) is 24.3 Å². The van der Waals surface area contributed by atoms with Gasteiger partial charge < -0.3 is 9.64 Å². The van der Waals surface area contributed by atoms with E-state index in [4.69, 9.17) is 4.74 Å². The van der Waals surface area contributed by atoms with Crippen molar-refractivity contribution >= 4 is 23.6 Å².